The van der Waals surface area contributed by atoms with Crippen molar-refractivity contribution in [1.82, 2.24) is 4.72 Å². The van der Waals surface area contributed by atoms with E-state index in [1.807, 2.05) is 32.0 Å². The summed E-state index contributed by atoms with van der Waals surface area (Å²) in [6, 6.07) is 6.95. The van der Waals surface area contributed by atoms with Crippen LogP contribution in [0, 0.1) is 0 Å². The second-order valence-electron chi connectivity index (χ2n) is 3.41. The molecule has 0 radical (unpaired) electrons. The highest BCUT2D eigenvalue weighted by molar-refractivity contribution is 9.10. The number of benzene rings is 1. The smallest absolute Gasteiger partial charge is 0.321 e. The maximum Gasteiger partial charge on any atom is 0.329 e. The fourth-order valence-corrected chi connectivity index (χ4v) is 5.16. The van der Waals surface area contributed by atoms with Gasteiger partial charge >= 0.3 is 6.03 Å². The summed E-state index contributed by atoms with van der Waals surface area (Å²) >= 11 is 9.65. The lowest BCUT2D eigenvalue weighted by Crippen LogP contribution is -2.23. The normalized spacial score (nSPS) is 11.2. The fourth-order valence-electron chi connectivity index (χ4n) is 1.21. The summed E-state index contributed by atoms with van der Waals surface area (Å²) in [4.78, 5) is 11.8. The Kier molecular flexibility index (Phi) is 8.09. The van der Waals surface area contributed by atoms with Gasteiger partial charge in [-0.25, -0.2) is 4.79 Å². The number of hydrogen-bond acceptors (Lipinski definition) is 5. The van der Waals surface area contributed by atoms with Crippen LogP contribution in [0.15, 0.2) is 28.7 Å². The lowest BCUT2D eigenvalue weighted by atomic mass is 10.3. The van der Waals surface area contributed by atoms with Crippen LogP contribution in [0.1, 0.15) is 13.8 Å². The summed E-state index contributed by atoms with van der Waals surface area (Å²) in [5.74, 6) is 0. The molecule has 0 aliphatic heterocycles. The summed E-state index contributed by atoms with van der Waals surface area (Å²) in [7, 11) is 0. The standard InChI is InChI=1S/C11H16BrN2O3PS2/c1-3-16-18(19,17-4-2)20-14-11(15)13-10-8-6-5-7-9(10)12/h5-8H,3-4H2,1-2H3,(H2,13,14,15). The maximum absolute atomic E-state index is 11.8. The van der Waals surface area contributed by atoms with E-state index >= 15 is 0 Å². The molecule has 0 aliphatic rings. The molecule has 112 valence electrons. The molecule has 0 bridgehead atoms. The van der Waals surface area contributed by atoms with Crippen molar-refractivity contribution in [2.24, 2.45) is 0 Å². The van der Waals surface area contributed by atoms with Crippen LogP contribution in [0.25, 0.3) is 0 Å². The second kappa shape index (κ2) is 9.02. The van der Waals surface area contributed by atoms with Gasteiger partial charge in [0, 0.05) is 16.0 Å². The first-order chi connectivity index (χ1) is 9.50. The highest BCUT2D eigenvalue weighted by Crippen LogP contribution is 2.59. The van der Waals surface area contributed by atoms with Crippen molar-refractivity contribution in [2.45, 2.75) is 13.8 Å². The Balaban J connectivity index is 2.54. The number of anilines is 1. The van der Waals surface area contributed by atoms with E-state index in [9.17, 15) is 4.79 Å². The molecule has 0 unspecified atom stereocenters. The van der Waals surface area contributed by atoms with E-state index in [4.69, 9.17) is 20.9 Å². The van der Waals surface area contributed by atoms with Crippen LogP contribution in [0.2, 0.25) is 0 Å². The Labute approximate surface area is 136 Å². The molecule has 5 nitrogen and oxygen atoms in total. The third-order valence-electron chi connectivity index (χ3n) is 1.95. The van der Waals surface area contributed by atoms with Crippen molar-refractivity contribution in [2.75, 3.05) is 18.5 Å². The van der Waals surface area contributed by atoms with E-state index in [2.05, 4.69) is 26.0 Å². The van der Waals surface area contributed by atoms with Gasteiger partial charge in [0.1, 0.15) is 0 Å². The molecule has 1 rings (SSSR count). The predicted octanol–water partition coefficient (Wildman–Crippen LogP) is 4.52. The first-order valence-corrected chi connectivity index (χ1v) is 10.7. The second-order valence-corrected chi connectivity index (χ2v) is 10.2. The Morgan fingerprint density at radius 2 is 1.95 bits per heavy atom. The number of carbonyl (C=O) groups excluding carboxylic acids is 1. The van der Waals surface area contributed by atoms with Gasteiger partial charge < -0.3 is 14.4 Å². The number of rotatable bonds is 7. The summed E-state index contributed by atoms with van der Waals surface area (Å²) in [6.07, 6.45) is 0. The predicted molar refractivity (Wildman–Crippen MR) is 91.4 cm³/mol. The zero-order valence-electron chi connectivity index (χ0n) is 11.1. The van der Waals surface area contributed by atoms with Gasteiger partial charge in [0.15, 0.2) is 0 Å². The summed E-state index contributed by atoms with van der Waals surface area (Å²) < 4.78 is 14.2. The van der Waals surface area contributed by atoms with E-state index in [0.717, 1.165) is 16.0 Å². The lowest BCUT2D eigenvalue weighted by molar-refractivity contribution is 0.257. The molecule has 2 amide bonds. The van der Waals surface area contributed by atoms with Crippen molar-refractivity contribution < 1.29 is 13.8 Å². The summed E-state index contributed by atoms with van der Waals surface area (Å²) in [5.41, 5.74) is -1.85. The van der Waals surface area contributed by atoms with E-state index < -0.39 is 5.69 Å². The lowest BCUT2D eigenvalue weighted by Gasteiger charge is -2.19. The molecule has 0 fully saturated rings. The average Bonchev–Trinajstić information content (AvgIpc) is 2.40. The van der Waals surface area contributed by atoms with Crippen LogP contribution in [0.3, 0.4) is 0 Å². The molecule has 0 aromatic heterocycles. The largest absolute Gasteiger partial charge is 0.329 e. The molecule has 0 spiro atoms. The van der Waals surface area contributed by atoms with E-state index in [0.29, 0.717) is 18.9 Å². The third-order valence-corrected chi connectivity index (χ3v) is 7.17. The van der Waals surface area contributed by atoms with Crippen molar-refractivity contribution in [3.05, 3.63) is 28.7 Å². The van der Waals surface area contributed by atoms with Crippen LogP contribution in [0.5, 0.6) is 0 Å². The first kappa shape index (κ1) is 17.9. The van der Waals surface area contributed by atoms with Crippen molar-refractivity contribution >= 4 is 56.7 Å². The number of hydrogen-bond donors (Lipinski definition) is 2. The molecule has 0 aliphatic carbocycles. The van der Waals surface area contributed by atoms with Gasteiger partial charge in [-0.15, -0.1) is 0 Å². The maximum atomic E-state index is 11.8. The Morgan fingerprint density at radius 1 is 1.35 bits per heavy atom. The van der Waals surface area contributed by atoms with Crippen LogP contribution in [0.4, 0.5) is 10.5 Å². The molecular weight excluding hydrogens is 383 g/mol. The minimum absolute atomic E-state index is 0.379. The average molecular weight is 399 g/mol. The summed E-state index contributed by atoms with van der Waals surface area (Å²) in [5, 5.41) is 2.71. The van der Waals surface area contributed by atoms with Gasteiger partial charge in [0.05, 0.1) is 18.9 Å². The number of urea groups is 1. The molecule has 0 saturated carbocycles. The van der Waals surface area contributed by atoms with Gasteiger partial charge in [0.2, 0.25) is 0 Å². The van der Waals surface area contributed by atoms with Gasteiger partial charge in [-0.2, -0.15) is 0 Å². The van der Waals surface area contributed by atoms with Crippen LogP contribution >= 0.6 is 33.2 Å². The number of halogens is 1. The molecule has 0 atom stereocenters. The SMILES string of the molecule is CCOP(=S)(OCC)SNC(=O)Nc1ccccc1Br. The summed E-state index contributed by atoms with van der Waals surface area (Å²) in [6.45, 7) is 4.55. The quantitative estimate of drug-likeness (QED) is 0.522. The van der Waals surface area contributed by atoms with Gasteiger partial charge in [-0.3, -0.25) is 4.72 Å². The molecule has 9 heteroatoms. The molecule has 1 aromatic rings. The van der Waals surface area contributed by atoms with Crippen molar-refractivity contribution in [3.63, 3.8) is 0 Å². The third kappa shape index (κ3) is 6.11. The van der Waals surface area contributed by atoms with Crippen LogP contribution in [-0.2, 0) is 20.9 Å². The highest BCUT2D eigenvalue weighted by Gasteiger charge is 2.20. The topological polar surface area (TPSA) is 59.6 Å². The monoisotopic (exact) mass is 398 g/mol. The van der Waals surface area contributed by atoms with Crippen LogP contribution in [-0.4, -0.2) is 19.2 Å². The molecule has 20 heavy (non-hydrogen) atoms. The van der Waals surface area contributed by atoms with Gasteiger partial charge in [0.25, 0.3) is 5.69 Å². The van der Waals surface area contributed by atoms with Crippen LogP contribution < -0.4 is 10.0 Å². The first-order valence-electron chi connectivity index (χ1n) is 5.90. The van der Waals surface area contributed by atoms with Gasteiger partial charge in [-0.05, 0) is 53.7 Å². The highest BCUT2D eigenvalue weighted by atomic mass is 79.9. The fraction of sp³-hybridized carbons (Fsp3) is 0.364. The van der Waals surface area contributed by atoms with Crippen molar-refractivity contribution in [3.8, 4) is 0 Å². The zero-order valence-corrected chi connectivity index (χ0v) is 15.2. The minimum atomic E-state index is -2.52. The van der Waals surface area contributed by atoms with Crippen molar-refractivity contribution in [1.29, 1.82) is 0 Å². The molecule has 0 saturated heterocycles. The number of para-hydroxylation sites is 1. The number of nitrogens with one attached hydrogen (secondary N) is 2. The molecule has 1 aromatic carbocycles. The molecular formula is C11H16BrN2O3PS2. The Morgan fingerprint density at radius 3 is 2.50 bits per heavy atom. The minimum Gasteiger partial charge on any atom is -0.321 e. The number of carbonyl (C=O) groups is 1. The van der Waals surface area contributed by atoms with Gasteiger partial charge in [-0.1, -0.05) is 12.1 Å². The van der Waals surface area contributed by atoms with E-state index in [1.54, 1.807) is 6.07 Å². The molecule has 0 heterocycles. The zero-order chi connectivity index (χ0) is 15.0. The number of amides is 2. The van der Waals surface area contributed by atoms with E-state index in [1.165, 1.54) is 0 Å². The van der Waals surface area contributed by atoms with E-state index in [-0.39, 0.29) is 6.03 Å². The molecule has 2 N–H and O–H groups in total. The Bertz CT molecular complexity index is 494. The Hall–Kier alpha value is -0.110.